The van der Waals surface area contributed by atoms with Crippen molar-refractivity contribution in [1.82, 2.24) is 9.80 Å². The van der Waals surface area contributed by atoms with Crippen LogP contribution in [0.2, 0.25) is 0 Å². The Labute approximate surface area is 144 Å². The summed E-state index contributed by atoms with van der Waals surface area (Å²) in [7, 11) is 1.58. The Morgan fingerprint density at radius 2 is 1.64 bits per heavy atom. The van der Waals surface area contributed by atoms with Crippen LogP contribution in [0.4, 0.5) is 8.78 Å². The van der Waals surface area contributed by atoms with Gasteiger partial charge in [-0.15, -0.1) is 0 Å². The number of hydrogen-bond acceptors (Lipinski definition) is 2. The van der Waals surface area contributed by atoms with Gasteiger partial charge in [0, 0.05) is 26.1 Å². The molecule has 0 bridgehead atoms. The number of nitrogens with zero attached hydrogens (tertiary/aromatic N) is 2. The number of likely N-dealkylation sites (N-methyl/N-ethyl adjacent to an activating group) is 1. The molecule has 0 N–H and O–H groups in total. The first-order valence-electron chi connectivity index (χ1n) is 7.97. The van der Waals surface area contributed by atoms with Gasteiger partial charge in [-0.1, -0.05) is 30.3 Å². The van der Waals surface area contributed by atoms with Crippen molar-refractivity contribution in [2.75, 3.05) is 13.6 Å². The lowest BCUT2D eigenvalue weighted by atomic mass is 10.0. The fourth-order valence-corrected chi connectivity index (χ4v) is 3.07. The summed E-state index contributed by atoms with van der Waals surface area (Å²) in [6.45, 7) is -0.0491. The van der Waals surface area contributed by atoms with Gasteiger partial charge in [0.2, 0.25) is 11.8 Å². The molecule has 4 nitrogen and oxygen atoms in total. The van der Waals surface area contributed by atoms with Crippen LogP contribution in [0.3, 0.4) is 0 Å². The van der Waals surface area contributed by atoms with E-state index in [1.165, 1.54) is 21.9 Å². The summed E-state index contributed by atoms with van der Waals surface area (Å²) in [5, 5.41) is 0. The molecule has 2 aromatic carbocycles. The number of hydrogen-bond donors (Lipinski definition) is 0. The minimum Gasteiger partial charge on any atom is -0.335 e. The first-order valence-corrected chi connectivity index (χ1v) is 7.97. The van der Waals surface area contributed by atoms with Crippen molar-refractivity contribution in [2.24, 2.45) is 0 Å². The molecule has 1 atom stereocenters. The minimum atomic E-state index is -0.706. The van der Waals surface area contributed by atoms with Gasteiger partial charge in [-0.2, -0.15) is 0 Å². The topological polar surface area (TPSA) is 40.6 Å². The third kappa shape index (κ3) is 3.84. The molecule has 0 aromatic heterocycles. The SMILES string of the molecule is CN1CC(=O)N(Cc2cc(F)cc(F)c2)[C@@H](Cc2ccccc2)C1=O. The van der Waals surface area contributed by atoms with Gasteiger partial charge in [0.15, 0.2) is 0 Å². The average Bonchev–Trinajstić information content (AvgIpc) is 2.56. The number of rotatable bonds is 4. The van der Waals surface area contributed by atoms with Crippen molar-refractivity contribution in [2.45, 2.75) is 19.0 Å². The van der Waals surface area contributed by atoms with E-state index in [1.54, 1.807) is 7.05 Å². The van der Waals surface area contributed by atoms with Crippen LogP contribution in [0, 0.1) is 11.6 Å². The lowest BCUT2D eigenvalue weighted by Gasteiger charge is -2.39. The van der Waals surface area contributed by atoms with Crippen molar-refractivity contribution in [3.8, 4) is 0 Å². The van der Waals surface area contributed by atoms with Gasteiger partial charge >= 0.3 is 0 Å². The summed E-state index contributed by atoms with van der Waals surface area (Å²) in [4.78, 5) is 27.9. The van der Waals surface area contributed by atoms with Crippen molar-refractivity contribution >= 4 is 11.8 Å². The zero-order valence-corrected chi connectivity index (χ0v) is 13.8. The van der Waals surface area contributed by atoms with Crippen LogP contribution in [0.5, 0.6) is 0 Å². The van der Waals surface area contributed by atoms with Crippen LogP contribution in [0.25, 0.3) is 0 Å². The lowest BCUT2D eigenvalue weighted by molar-refractivity contribution is -0.155. The lowest BCUT2D eigenvalue weighted by Crippen LogP contribution is -2.59. The molecular weight excluding hydrogens is 326 g/mol. The van der Waals surface area contributed by atoms with Crippen molar-refractivity contribution in [3.05, 3.63) is 71.3 Å². The van der Waals surface area contributed by atoms with Gasteiger partial charge in [0.05, 0.1) is 6.54 Å². The molecule has 2 aromatic rings. The Kier molecular flexibility index (Phi) is 4.79. The van der Waals surface area contributed by atoms with Crippen LogP contribution >= 0.6 is 0 Å². The average molecular weight is 344 g/mol. The standard InChI is InChI=1S/C19H18F2N2O2/c1-22-12-18(24)23(11-14-7-15(20)10-16(21)8-14)17(19(22)25)9-13-5-3-2-4-6-13/h2-8,10,17H,9,11-12H2,1H3/t17-/m0/s1. The van der Waals surface area contributed by atoms with E-state index in [0.29, 0.717) is 12.0 Å². The summed E-state index contributed by atoms with van der Waals surface area (Å²) in [6.07, 6.45) is 0.355. The molecule has 0 spiro atoms. The Balaban J connectivity index is 1.89. The number of halogens is 2. The normalized spacial score (nSPS) is 18.0. The molecule has 1 saturated heterocycles. The molecule has 1 aliphatic heterocycles. The molecule has 2 amide bonds. The van der Waals surface area contributed by atoms with E-state index in [1.807, 2.05) is 30.3 Å². The molecule has 0 unspecified atom stereocenters. The fraction of sp³-hybridized carbons (Fsp3) is 0.263. The van der Waals surface area contributed by atoms with E-state index in [9.17, 15) is 18.4 Å². The van der Waals surface area contributed by atoms with E-state index in [-0.39, 0.29) is 24.9 Å². The zero-order chi connectivity index (χ0) is 18.0. The quantitative estimate of drug-likeness (QED) is 0.854. The molecule has 25 heavy (non-hydrogen) atoms. The zero-order valence-electron chi connectivity index (χ0n) is 13.8. The van der Waals surface area contributed by atoms with Gasteiger partial charge in [0.25, 0.3) is 0 Å². The second-order valence-electron chi connectivity index (χ2n) is 6.20. The summed E-state index contributed by atoms with van der Waals surface area (Å²) < 4.78 is 26.9. The summed E-state index contributed by atoms with van der Waals surface area (Å²) >= 11 is 0. The largest absolute Gasteiger partial charge is 0.335 e. The van der Waals surface area contributed by atoms with Crippen LogP contribution < -0.4 is 0 Å². The van der Waals surface area contributed by atoms with Gasteiger partial charge in [0.1, 0.15) is 17.7 Å². The van der Waals surface area contributed by atoms with Crippen LogP contribution in [0.15, 0.2) is 48.5 Å². The highest BCUT2D eigenvalue weighted by molar-refractivity contribution is 5.94. The molecule has 130 valence electrons. The molecule has 3 rings (SSSR count). The van der Waals surface area contributed by atoms with Gasteiger partial charge in [-0.25, -0.2) is 8.78 Å². The third-order valence-electron chi connectivity index (χ3n) is 4.28. The van der Waals surface area contributed by atoms with E-state index >= 15 is 0 Å². The second kappa shape index (κ2) is 7.01. The molecule has 1 heterocycles. The first kappa shape index (κ1) is 17.1. The van der Waals surface area contributed by atoms with Crippen LogP contribution in [-0.2, 0) is 22.6 Å². The first-order chi connectivity index (χ1) is 11.9. The summed E-state index contributed by atoms with van der Waals surface area (Å²) in [6, 6.07) is 11.8. The molecule has 0 aliphatic carbocycles. The van der Waals surface area contributed by atoms with Crippen LogP contribution in [0.1, 0.15) is 11.1 Å². The summed E-state index contributed by atoms with van der Waals surface area (Å²) in [5.41, 5.74) is 1.24. The number of carbonyl (C=O) groups is 2. The molecule has 6 heteroatoms. The van der Waals surface area contributed by atoms with Crippen LogP contribution in [-0.4, -0.2) is 41.2 Å². The number of amides is 2. The summed E-state index contributed by atoms with van der Waals surface area (Å²) in [5.74, 6) is -1.84. The highest BCUT2D eigenvalue weighted by atomic mass is 19.1. The maximum Gasteiger partial charge on any atom is 0.245 e. The highest BCUT2D eigenvalue weighted by Crippen LogP contribution is 2.20. The number of benzene rings is 2. The molecule has 0 saturated carbocycles. The molecule has 1 fully saturated rings. The van der Waals surface area contributed by atoms with E-state index < -0.39 is 17.7 Å². The Hall–Kier alpha value is -2.76. The minimum absolute atomic E-state index is 0.00933. The van der Waals surface area contributed by atoms with Gasteiger partial charge in [-0.3, -0.25) is 9.59 Å². The number of carbonyl (C=O) groups excluding carboxylic acids is 2. The third-order valence-corrected chi connectivity index (χ3v) is 4.28. The maximum atomic E-state index is 13.4. The van der Waals surface area contributed by atoms with Gasteiger partial charge in [-0.05, 0) is 23.3 Å². The Morgan fingerprint density at radius 1 is 1.00 bits per heavy atom. The van der Waals surface area contributed by atoms with Crippen molar-refractivity contribution < 1.29 is 18.4 Å². The van der Waals surface area contributed by atoms with Gasteiger partial charge < -0.3 is 9.80 Å². The second-order valence-corrected chi connectivity index (χ2v) is 6.20. The predicted octanol–water partition coefficient (Wildman–Crippen LogP) is 2.38. The highest BCUT2D eigenvalue weighted by Gasteiger charge is 2.37. The Bertz CT molecular complexity index is 775. The van der Waals surface area contributed by atoms with E-state index in [4.69, 9.17) is 0 Å². The molecule has 0 radical (unpaired) electrons. The number of piperazine rings is 1. The van der Waals surface area contributed by atoms with E-state index in [2.05, 4.69) is 0 Å². The molecule has 1 aliphatic rings. The smallest absolute Gasteiger partial charge is 0.245 e. The molecular formula is C19H18F2N2O2. The monoisotopic (exact) mass is 344 g/mol. The predicted molar refractivity (Wildman–Crippen MR) is 88.5 cm³/mol. The fourth-order valence-electron chi connectivity index (χ4n) is 3.07. The van der Waals surface area contributed by atoms with Crippen molar-refractivity contribution in [3.63, 3.8) is 0 Å². The Morgan fingerprint density at radius 3 is 2.28 bits per heavy atom. The van der Waals surface area contributed by atoms with E-state index in [0.717, 1.165) is 11.6 Å². The van der Waals surface area contributed by atoms with Crippen molar-refractivity contribution in [1.29, 1.82) is 0 Å². The maximum absolute atomic E-state index is 13.4.